The smallest absolute Gasteiger partial charge is 0.232 e. The van der Waals surface area contributed by atoms with Crippen molar-refractivity contribution in [3.05, 3.63) is 29.1 Å². The van der Waals surface area contributed by atoms with E-state index in [0.717, 1.165) is 6.07 Å². The van der Waals surface area contributed by atoms with E-state index in [2.05, 4.69) is 4.98 Å². The van der Waals surface area contributed by atoms with Gasteiger partial charge in [-0.05, 0) is 18.6 Å². The molecule has 1 aromatic rings. The molecule has 2 nitrogen and oxygen atoms in total. The molecule has 0 aliphatic carbocycles. The minimum absolute atomic E-state index is 0.185. The van der Waals surface area contributed by atoms with Crippen molar-refractivity contribution in [2.45, 2.75) is 13.1 Å². The summed E-state index contributed by atoms with van der Waals surface area (Å²) in [5.41, 5.74) is -0.778. The maximum Gasteiger partial charge on any atom is 0.433 e. The molecular weight excluding hydrogens is 181 g/mol. The minimum Gasteiger partial charge on any atom is -0.232 e. The molecule has 0 amide bonds. The van der Waals surface area contributed by atoms with E-state index in [1.54, 1.807) is 6.07 Å². The van der Waals surface area contributed by atoms with Gasteiger partial charge in [-0.2, -0.15) is 18.4 Å². The number of halogens is 3. The van der Waals surface area contributed by atoms with Crippen LogP contribution in [0.2, 0.25) is 0 Å². The number of alkyl halides is 3. The van der Waals surface area contributed by atoms with Crippen LogP contribution in [0.25, 0.3) is 0 Å². The SMILES string of the molecule is Cc1ccc(C(F)(F)F)nc1C#N. The summed E-state index contributed by atoms with van der Waals surface area (Å²) in [6.45, 7) is 1.53. The van der Waals surface area contributed by atoms with Gasteiger partial charge in [0.2, 0.25) is 0 Å². The van der Waals surface area contributed by atoms with Crippen LogP contribution in [0.3, 0.4) is 0 Å². The number of hydrogen-bond donors (Lipinski definition) is 0. The number of pyridine rings is 1. The molecule has 1 rings (SSSR count). The normalized spacial score (nSPS) is 11.0. The van der Waals surface area contributed by atoms with Gasteiger partial charge >= 0.3 is 6.18 Å². The highest BCUT2D eigenvalue weighted by atomic mass is 19.4. The zero-order valence-electron chi connectivity index (χ0n) is 6.68. The van der Waals surface area contributed by atoms with E-state index in [9.17, 15) is 13.2 Å². The lowest BCUT2D eigenvalue weighted by molar-refractivity contribution is -0.141. The summed E-state index contributed by atoms with van der Waals surface area (Å²) in [5.74, 6) is 0. The molecule has 1 aromatic heterocycles. The van der Waals surface area contributed by atoms with E-state index in [-0.39, 0.29) is 5.69 Å². The molecule has 0 radical (unpaired) electrons. The Kier molecular flexibility index (Phi) is 2.24. The first-order chi connectivity index (χ1) is 5.95. The molecular formula is C8H5F3N2. The summed E-state index contributed by atoms with van der Waals surface area (Å²) in [6, 6.07) is 3.68. The molecule has 0 spiro atoms. The molecule has 68 valence electrons. The molecule has 0 bridgehead atoms. The topological polar surface area (TPSA) is 36.7 Å². The molecule has 0 aromatic carbocycles. The molecule has 0 aliphatic rings. The van der Waals surface area contributed by atoms with Crippen molar-refractivity contribution in [2.24, 2.45) is 0 Å². The van der Waals surface area contributed by atoms with Gasteiger partial charge in [0.05, 0.1) is 0 Å². The van der Waals surface area contributed by atoms with E-state index in [1.807, 2.05) is 0 Å². The quantitative estimate of drug-likeness (QED) is 0.623. The fraction of sp³-hybridized carbons (Fsp3) is 0.250. The highest BCUT2D eigenvalue weighted by Gasteiger charge is 2.32. The van der Waals surface area contributed by atoms with E-state index >= 15 is 0 Å². The van der Waals surface area contributed by atoms with Gasteiger partial charge < -0.3 is 0 Å². The van der Waals surface area contributed by atoms with Crippen LogP contribution in [0.4, 0.5) is 13.2 Å². The van der Waals surface area contributed by atoms with Crippen LogP contribution in [0.1, 0.15) is 17.0 Å². The van der Waals surface area contributed by atoms with Gasteiger partial charge in [0.25, 0.3) is 0 Å². The highest BCUT2D eigenvalue weighted by molar-refractivity contribution is 5.31. The molecule has 0 atom stereocenters. The van der Waals surface area contributed by atoms with Crippen LogP contribution in [0.15, 0.2) is 12.1 Å². The van der Waals surface area contributed by atoms with Gasteiger partial charge in [-0.3, -0.25) is 0 Å². The highest BCUT2D eigenvalue weighted by Crippen LogP contribution is 2.27. The Balaban J connectivity index is 3.24. The van der Waals surface area contributed by atoms with Crippen molar-refractivity contribution >= 4 is 0 Å². The van der Waals surface area contributed by atoms with E-state index in [4.69, 9.17) is 5.26 Å². The van der Waals surface area contributed by atoms with Gasteiger partial charge in [0.15, 0.2) is 0 Å². The standard InChI is InChI=1S/C8H5F3N2/c1-5-2-3-7(8(9,10)11)13-6(5)4-12/h2-3H,1H3. The Morgan fingerprint density at radius 1 is 1.38 bits per heavy atom. The van der Waals surface area contributed by atoms with Gasteiger partial charge in [0.1, 0.15) is 17.5 Å². The average Bonchev–Trinajstić information content (AvgIpc) is 2.03. The van der Waals surface area contributed by atoms with Crippen molar-refractivity contribution < 1.29 is 13.2 Å². The number of aryl methyl sites for hydroxylation is 1. The molecule has 0 fully saturated rings. The van der Waals surface area contributed by atoms with Crippen LogP contribution in [-0.4, -0.2) is 4.98 Å². The summed E-state index contributed by atoms with van der Waals surface area (Å²) in [7, 11) is 0. The monoisotopic (exact) mass is 186 g/mol. The van der Waals surface area contributed by atoms with E-state index < -0.39 is 11.9 Å². The summed E-state index contributed by atoms with van der Waals surface area (Å²) < 4.78 is 36.2. The Bertz CT molecular complexity index is 363. The summed E-state index contributed by atoms with van der Waals surface area (Å²) >= 11 is 0. The molecule has 5 heteroatoms. The third-order valence-corrected chi connectivity index (χ3v) is 1.49. The predicted molar refractivity (Wildman–Crippen MR) is 38.7 cm³/mol. The maximum absolute atomic E-state index is 12.1. The fourth-order valence-corrected chi connectivity index (χ4v) is 0.800. The van der Waals surface area contributed by atoms with Crippen molar-refractivity contribution in [3.8, 4) is 6.07 Å². The van der Waals surface area contributed by atoms with Crippen LogP contribution >= 0.6 is 0 Å². The zero-order chi connectivity index (χ0) is 10.1. The molecule has 13 heavy (non-hydrogen) atoms. The van der Waals surface area contributed by atoms with Crippen molar-refractivity contribution in [1.29, 1.82) is 5.26 Å². The van der Waals surface area contributed by atoms with Crippen LogP contribution < -0.4 is 0 Å². The first kappa shape index (κ1) is 9.52. The Morgan fingerprint density at radius 3 is 2.46 bits per heavy atom. The summed E-state index contributed by atoms with van der Waals surface area (Å²) in [4.78, 5) is 3.18. The Hall–Kier alpha value is -1.57. The lowest BCUT2D eigenvalue weighted by atomic mass is 10.2. The van der Waals surface area contributed by atoms with Gasteiger partial charge in [-0.25, -0.2) is 4.98 Å². The number of aromatic nitrogens is 1. The summed E-state index contributed by atoms with van der Waals surface area (Å²) in [6.07, 6.45) is -4.49. The second-order valence-electron chi connectivity index (χ2n) is 2.47. The second kappa shape index (κ2) is 3.05. The predicted octanol–water partition coefficient (Wildman–Crippen LogP) is 2.28. The van der Waals surface area contributed by atoms with E-state index in [1.165, 1.54) is 13.0 Å². The number of rotatable bonds is 0. The fourth-order valence-electron chi connectivity index (χ4n) is 0.800. The molecule has 0 saturated heterocycles. The zero-order valence-corrected chi connectivity index (χ0v) is 6.68. The molecule has 0 aliphatic heterocycles. The first-order valence-electron chi connectivity index (χ1n) is 3.40. The van der Waals surface area contributed by atoms with Crippen LogP contribution in [0.5, 0.6) is 0 Å². The van der Waals surface area contributed by atoms with Gasteiger partial charge in [-0.1, -0.05) is 6.07 Å². The van der Waals surface area contributed by atoms with Crippen molar-refractivity contribution in [1.82, 2.24) is 4.98 Å². The van der Waals surface area contributed by atoms with Crippen LogP contribution in [0, 0.1) is 18.3 Å². The maximum atomic E-state index is 12.1. The van der Waals surface area contributed by atoms with Gasteiger partial charge in [-0.15, -0.1) is 0 Å². The minimum atomic E-state index is -4.49. The number of nitriles is 1. The first-order valence-corrected chi connectivity index (χ1v) is 3.40. The Labute approximate surface area is 72.6 Å². The lowest BCUT2D eigenvalue weighted by Crippen LogP contribution is -2.09. The van der Waals surface area contributed by atoms with Crippen LogP contribution in [-0.2, 0) is 6.18 Å². The molecule has 0 saturated carbocycles. The largest absolute Gasteiger partial charge is 0.433 e. The van der Waals surface area contributed by atoms with Crippen molar-refractivity contribution in [3.63, 3.8) is 0 Å². The van der Waals surface area contributed by atoms with Crippen molar-refractivity contribution in [2.75, 3.05) is 0 Å². The third kappa shape index (κ3) is 1.96. The van der Waals surface area contributed by atoms with Gasteiger partial charge in [0, 0.05) is 0 Å². The summed E-state index contributed by atoms with van der Waals surface area (Å²) in [5, 5.41) is 8.43. The average molecular weight is 186 g/mol. The number of nitrogens with zero attached hydrogens (tertiary/aromatic N) is 2. The third-order valence-electron chi connectivity index (χ3n) is 1.49. The lowest BCUT2D eigenvalue weighted by Gasteiger charge is -2.05. The molecule has 1 heterocycles. The number of hydrogen-bond acceptors (Lipinski definition) is 2. The van der Waals surface area contributed by atoms with E-state index in [0.29, 0.717) is 5.56 Å². The Morgan fingerprint density at radius 2 is 2.00 bits per heavy atom. The second-order valence-corrected chi connectivity index (χ2v) is 2.47. The molecule has 0 unspecified atom stereocenters. The molecule has 0 N–H and O–H groups in total.